The van der Waals surface area contributed by atoms with Gasteiger partial charge in [-0.15, -0.1) is 0 Å². The Balaban J connectivity index is 1.59. The van der Waals surface area contributed by atoms with Crippen molar-refractivity contribution in [2.24, 2.45) is 4.99 Å². The van der Waals surface area contributed by atoms with Gasteiger partial charge in [0, 0.05) is 21.7 Å². The third-order valence-electron chi connectivity index (χ3n) is 4.62. The Morgan fingerprint density at radius 3 is 2.64 bits per heavy atom. The maximum absolute atomic E-state index is 12.4. The molecular formula is C26H18BrNO5. The lowest BCUT2D eigenvalue weighted by Crippen LogP contribution is -2.06. The van der Waals surface area contributed by atoms with Gasteiger partial charge in [-0.25, -0.2) is 14.6 Å². The minimum Gasteiger partial charge on any atom is -0.497 e. The molecular weight excluding hydrogens is 486 g/mol. The van der Waals surface area contributed by atoms with Crippen molar-refractivity contribution in [3.05, 3.63) is 106 Å². The molecule has 0 spiro atoms. The summed E-state index contributed by atoms with van der Waals surface area (Å²) in [5.74, 6) is -0.0754. The summed E-state index contributed by atoms with van der Waals surface area (Å²) >= 11 is 3.40. The third kappa shape index (κ3) is 5.64. The average molecular weight is 504 g/mol. The van der Waals surface area contributed by atoms with Crippen LogP contribution in [0.5, 0.6) is 11.5 Å². The van der Waals surface area contributed by atoms with E-state index in [0.717, 1.165) is 10.0 Å². The van der Waals surface area contributed by atoms with Crippen LogP contribution >= 0.6 is 15.9 Å². The second-order valence-corrected chi connectivity index (χ2v) is 7.83. The average Bonchev–Trinajstić information content (AvgIpc) is 3.20. The van der Waals surface area contributed by atoms with Crippen LogP contribution in [0.3, 0.4) is 0 Å². The molecule has 0 aliphatic carbocycles. The summed E-state index contributed by atoms with van der Waals surface area (Å²) in [4.78, 5) is 29.1. The highest BCUT2D eigenvalue weighted by atomic mass is 79.9. The van der Waals surface area contributed by atoms with Crippen molar-refractivity contribution >= 4 is 45.9 Å². The van der Waals surface area contributed by atoms with Crippen molar-refractivity contribution in [1.29, 1.82) is 0 Å². The van der Waals surface area contributed by atoms with Crippen LogP contribution in [-0.4, -0.2) is 24.9 Å². The van der Waals surface area contributed by atoms with Crippen LogP contribution in [0.25, 0.3) is 12.2 Å². The molecule has 1 aliphatic rings. The van der Waals surface area contributed by atoms with Gasteiger partial charge in [0.1, 0.15) is 11.5 Å². The van der Waals surface area contributed by atoms with Crippen LogP contribution in [-0.2, 0) is 14.3 Å². The van der Waals surface area contributed by atoms with E-state index < -0.39 is 11.9 Å². The molecule has 4 rings (SSSR count). The van der Waals surface area contributed by atoms with Crippen LogP contribution in [0.1, 0.15) is 16.7 Å². The van der Waals surface area contributed by atoms with Crippen molar-refractivity contribution in [3.8, 4) is 11.5 Å². The van der Waals surface area contributed by atoms with Gasteiger partial charge < -0.3 is 14.2 Å². The summed E-state index contributed by atoms with van der Waals surface area (Å²) in [6, 6.07) is 21.6. The largest absolute Gasteiger partial charge is 0.497 e. The summed E-state index contributed by atoms with van der Waals surface area (Å²) in [6.45, 7) is 0. The predicted octanol–water partition coefficient (Wildman–Crippen LogP) is 5.42. The van der Waals surface area contributed by atoms with Crippen LogP contribution in [0.15, 0.2) is 94.0 Å². The number of nitrogens with zero attached hydrogens (tertiary/aromatic N) is 1. The number of halogens is 1. The maximum atomic E-state index is 12.4. The van der Waals surface area contributed by atoms with Gasteiger partial charge in [0.05, 0.1) is 7.11 Å². The molecule has 1 heterocycles. The fourth-order valence-electron chi connectivity index (χ4n) is 3.03. The number of carbonyl (C=O) groups is 2. The molecule has 7 heteroatoms. The first-order chi connectivity index (χ1) is 16.0. The number of hydrogen-bond donors (Lipinski definition) is 0. The number of rotatable bonds is 6. The number of aliphatic imine (C=N–C) groups is 1. The van der Waals surface area contributed by atoms with Gasteiger partial charge in [-0.3, -0.25) is 0 Å². The molecule has 0 fully saturated rings. The first-order valence-corrected chi connectivity index (χ1v) is 10.7. The van der Waals surface area contributed by atoms with E-state index in [9.17, 15) is 9.59 Å². The SMILES string of the molecule is COc1cccc(C2=N/C(=C\c3cc(Br)ccc3OC(=O)/C=C/c3ccccc3)C(=O)O2)c1. The molecule has 6 nitrogen and oxygen atoms in total. The van der Waals surface area contributed by atoms with Gasteiger partial charge in [0.15, 0.2) is 5.70 Å². The molecule has 1 aliphatic heterocycles. The minimum absolute atomic E-state index is 0.0862. The van der Waals surface area contributed by atoms with Crippen LogP contribution in [0, 0.1) is 0 Å². The number of cyclic esters (lactones) is 1. The van der Waals surface area contributed by atoms with Crippen LogP contribution < -0.4 is 9.47 Å². The van der Waals surface area contributed by atoms with Crippen molar-refractivity contribution in [3.63, 3.8) is 0 Å². The van der Waals surface area contributed by atoms with Gasteiger partial charge >= 0.3 is 11.9 Å². The zero-order valence-corrected chi connectivity index (χ0v) is 19.1. The zero-order chi connectivity index (χ0) is 23.2. The number of hydrogen-bond acceptors (Lipinski definition) is 6. The molecule has 0 saturated carbocycles. The molecule has 164 valence electrons. The molecule has 3 aromatic rings. The summed E-state index contributed by atoms with van der Waals surface area (Å²) in [7, 11) is 1.55. The maximum Gasteiger partial charge on any atom is 0.363 e. The van der Waals surface area contributed by atoms with Crippen LogP contribution in [0.4, 0.5) is 0 Å². The second kappa shape index (κ2) is 10.1. The molecule has 0 bridgehead atoms. The van der Waals surface area contributed by atoms with E-state index in [1.807, 2.05) is 30.3 Å². The third-order valence-corrected chi connectivity index (χ3v) is 5.12. The summed E-state index contributed by atoms with van der Waals surface area (Å²) < 4.78 is 16.8. The Kier molecular flexibility index (Phi) is 6.80. The second-order valence-electron chi connectivity index (χ2n) is 6.92. The van der Waals surface area contributed by atoms with Gasteiger partial charge in [-0.1, -0.05) is 52.3 Å². The van der Waals surface area contributed by atoms with E-state index in [2.05, 4.69) is 20.9 Å². The molecule has 0 saturated heterocycles. The Morgan fingerprint density at radius 1 is 1.03 bits per heavy atom. The highest BCUT2D eigenvalue weighted by Gasteiger charge is 2.25. The van der Waals surface area contributed by atoms with Gasteiger partial charge in [0.2, 0.25) is 5.90 Å². The Hall–Kier alpha value is -3.97. The summed E-state index contributed by atoms with van der Waals surface area (Å²) in [6.07, 6.45) is 4.53. The highest BCUT2D eigenvalue weighted by molar-refractivity contribution is 9.10. The Morgan fingerprint density at radius 2 is 1.85 bits per heavy atom. The lowest BCUT2D eigenvalue weighted by molar-refractivity contribution is -0.130. The number of ether oxygens (including phenoxy) is 3. The Labute approximate surface area is 199 Å². The van der Waals surface area contributed by atoms with E-state index in [1.54, 1.807) is 55.7 Å². The fourth-order valence-corrected chi connectivity index (χ4v) is 3.41. The number of carbonyl (C=O) groups excluding carboxylic acids is 2. The lowest BCUT2D eigenvalue weighted by atomic mass is 10.1. The van der Waals surface area contributed by atoms with E-state index >= 15 is 0 Å². The van der Waals surface area contributed by atoms with Gasteiger partial charge in [-0.05, 0) is 54.1 Å². The van der Waals surface area contributed by atoms with Crippen molar-refractivity contribution in [1.82, 2.24) is 0 Å². The molecule has 0 amide bonds. The minimum atomic E-state index is -0.603. The van der Waals surface area contributed by atoms with E-state index in [0.29, 0.717) is 16.9 Å². The predicted molar refractivity (Wildman–Crippen MR) is 129 cm³/mol. The smallest absolute Gasteiger partial charge is 0.363 e. The molecule has 0 unspecified atom stereocenters. The molecule has 0 N–H and O–H groups in total. The number of benzene rings is 3. The number of esters is 2. The fraction of sp³-hybridized carbons (Fsp3) is 0.0385. The quantitative estimate of drug-likeness (QED) is 0.255. The molecule has 3 aromatic carbocycles. The normalized spacial score (nSPS) is 14.3. The molecule has 0 radical (unpaired) electrons. The van der Waals surface area contributed by atoms with E-state index in [4.69, 9.17) is 14.2 Å². The van der Waals surface area contributed by atoms with Crippen molar-refractivity contribution in [2.45, 2.75) is 0 Å². The van der Waals surface area contributed by atoms with Crippen molar-refractivity contribution in [2.75, 3.05) is 7.11 Å². The monoisotopic (exact) mass is 503 g/mol. The summed E-state index contributed by atoms with van der Waals surface area (Å²) in [5.41, 5.74) is 2.07. The first-order valence-electron chi connectivity index (χ1n) is 9.93. The van der Waals surface area contributed by atoms with E-state index in [-0.39, 0.29) is 17.3 Å². The number of methoxy groups -OCH3 is 1. The van der Waals surface area contributed by atoms with Gasteiger partial charge in [-0.2, -0.15) is 0 Å². The topological polar surface area (TPSA) is 74.2 Å². The van der Waals surface area contributed by atoms with Crippen molar-refractivity contribution < 1.29 is 23.8 Å². The standard InChI is InChI=1S/C26H18BrNO5/c1-31-21-9-5-8-18(15-21)25-28-22(26(30)33-25)16-19-14-20(27)11-12-23(19)32-24(29)13-10-17-6-3-2-4-7-17/h2-16H,1H3/b13-10+,22-16-. The molecule has 0 aromatic heterocycles. The first kappa shape index (κ1) is 22.2. The molecule has 0 atom stereocenters. The lowest BCUT2D eigenvalue weighted by Gasteiger charge is -2.06. The highest BCUT2D eigenvalue weighted by Crippen LogP contribution is 2.28. The Bertz CT molecular complexity index is 1300. The zero-order valence-electron chi connectivity index (χ0n) is 17.5. The summed E-state index contributed by atoms with van der Waals surface area (Å²) in [5, 5.41) is 0. The van der Waals surface area contributed by atoms with E-state index in [1.165, 1.54) is 12.2 Å². The van der Waals surface area contributed by atoms with Gasteiger partial charge in [0.25, 0.3) is 0 Å². The van der Waals surface area contributed by atoms with Crippen LogP contribution in [0.2, 0.25) is 0 Å². The molecule has 33 heavy (non-hydrogen) atoms.